The third-order valence-electron chi connectivity index (χ3n) is 5.21. The second-order valence-electron chi connectivity index (χ2n) is 8.91. The maximum Gasteiger partial charge on any atom is 0.409 e. The molecule has 1 aliphatic carbocycles. The molecule has 0 aliphatic heterocycles. The van der Waals surface area contributed by atoms with E-state index in [4.69, 9.17) is 4.74 Å². The van der Waals surface area contributed by atoms with Crippen molar-refractivity contribution in [2.45, 2.75) is 46.1 Å². The van der Waals surface area contributed by atoms with Crippen LogP contribution >= 0.6 is 0 Å². The smallest absolute Gasteiger partial charge is 0.409 e. The summed E-state index contributed by atoms with van der Waals surface area (Å²) < 4.78 is 5.74. The Morgan fingerprint density at radius 1 is 1.07 bits per heavy atom. The molecule has 1 unspecified atom stereocenters. The Balaban J connectivity index is 1.72. The maximum atomic E-state index is 12.8. The van der Waals surface area contributed by atoms with Gasteiger partial charge in [0.2, 0.25) is 0 Å². The summed E-state index contributed by atoms with van der Waals surface area (Å²) in [6, 6.07) is 16.6. The number of benzene rings is 2. The fourth-order valence-electron chi connectivity index (χ4n) is 3.73. The minimum absolute atomic E-state index is 0.0485. The SMILES string of the molecule is CC(O)CN(CCC(C)(C)C)C(=O)OCC1c2ccccc2-c2ccccc21. The van der Waals surface area contributed by atoms with E-state index < -0.39 is 6.10 Å². The van der Waals surface area contributed by atoms with Crippen LogP contribution < -0.4 is 0 Å². The van der Waals surface area contributed by atoms with Crippen LogP contribution in [0.2, 0.25) is 0 Å². The second kappa shape index (κ2) is 8.36. The van der Waals surface area contributed by atoms with Crippen LogP contribution in [0.4, 0.5) is 4.79 Å². The summed E-state index contributed by atoms with van der Waals surface area (Å²) in [6.45, 7) is 9.29. The molecule has 1 aliphatic rings. The number of carbonyl (C=O) groups is 1. The molecule has 1 amide bonds. The van der Waals surface area contributed by atoms with Gasteiger partial charge in [-0.05, 0) is 41.0 Å². The van der Waals surface area contributed by atoms with Gasteiger partial charge in [0.05, 0.1) is 6.10 Å². The van der Waals surface area contributed by atoms with Crippen molar-refractivity contribution in [1.82, 2.24) is 4.90 Å². The van der Waals surface area contributed by atoms with Gasteiger partial charge < -0.3 is 14.7 Å². The number of nitrogens with zero attached hydrogens (tertiary/aromatic N) is 1. The average molecular weight is 382 g/mol. The molecule has 1 N–H and O–H groups in total. The Hall–Kier alpha value is -2.33. The first-order valence-corrected chi connectivity index (χ1v) is 10.0. The van der Waals surface area contributed by atoms with E-state index in [1.807, 2.05) is 24.3 Å². The van der Waals surface area contributed by atoms with Crippen molar-refractivity contribution in [3.8, 4) is 11.1 Å². The molecule has 0 aromatic heterocycles. The van der Waals surface area contributed by atoms with Crippen LogP contribution in [0.25, 0.3) is 11.1 Å². The van der Waals surface area contributed by atoms with E-state index in [1.54, 1.807) is 11.8 Å². The second-order valence-corrected chi connectivity index (χ2v) is 8.91. The van der Waals surface area contributed by atoms with Gasteiger partial charge in [0.25, 0.3) is 0 Å². The molecule has 0 bridgehead atoms. The molecular formula is C24H31NO3. The zero-order valence-corrected chi connectivity index (χ0v) is 17.3. The third kappa shape index (κ3) is 4.74. The van der Waals surface area contributed by atoms with Gasteiger partial charge in [0, 0.05) is 19.0 Å². The van der Waals surface area contributed by atoms with Crippen molar-refractivity contribution < 1.29 is 14.6 Å². The van der Waals surface area contributed by atoms with Crippen molar-refractivity contribution in [2.24, 2.45) is 5.41 Å². The molecule has 2 aromatic carbocycles. The molecule has 150 valence electrons. The van der Waals surface area contributed by atoms with Crippen LogP contribution in [0.15, 0.2) is 48.5 Å². The number of amides is 1. The standard InChI is InChI=1S/C24H31NO3/c1-17(26)15-25(14-13-24(2,3)4)23(27)28-16-22-20-11-7-5-9-18(20)19-10-6-8-12-21(19)22/h5-12,17,22,26H,13-16H2,1-4H3. The van der Waals surface area contributed by atoms with Crippen molar-refractivity contribution >= 4 is 6.09 Å². The molecule has 0 radical (unpaired) electrons. The van der Waals surface area contributed by atoms with E-state index in [0.29, 0.717) is 13.2 Å². The quantitative estimate of drug-likeness (QED) is 0.761. The Bertz CT molecular complexity index is 777. The lowest BCUT2D eigenvalue weighted by molar-refractivity contribution is 0.0718. The highest BCUT2D eigenvalue weighted by Crippen LogP contribution is 2.44. The van der Waals surface area contributed by atoms with Crippen molar-refractivity contribution in [3.05, 3.63) is 59.7 Å². The Morgan fingerprint density at radius 3 is 2.11 bits per heavy atom. The summed E-state index contributed by atoms with van der Waals surface area (Å²) in [5.74, 6) is 0.0485. The number of aliphatic hydroxyl groups is 1. The highest BCUT2D eigenvalue weighted by molar-refractivity contribution is 5.79. The van der Waals surface area contributed by atoms with Crippen LogP contribution in [-0.4, -0.2) is 41.9 Å². The van der Waals surface area contributed by atoms with Crippen LogP contribution in [0.3, 0.4) is 0 Å². The van der Waals surface area contributed by atoms with Gasteiger partial charge in [-0.15, -0.1) is 0 Å². The molecule has 4 heteroatoms. The van der Waals surface area contributed by atoms with Crippen molar-refractivity contribution in [3.63, 3.8) is 0 Å². The minimum atomic E-state index is -0.583. The molecule has 0 spiro atoms. The summed E-state index contributed by atoms with van der Waals surface area (Å²) in [7, 11) is 0. The summed E-state index contributed by atoms with van der Waals surface area (Å²) in [6.07, 6.45) is -0.0864. The number of ether oxygens (including phenoxy) is 1. The molecule has 1 atom stereocenters. The van der Waals surface area contributed by atoms with Gasteiger partial charge in [-0.3, -0.25) is 0 Å². The van der Waals surface area contributed by atoms with Crippen LogP contribution in [0.1, 0.15) is 51.2 Å². The van der Waals surface area contributed by atoms with Gasteiger partial charge >= 0.3 is 6.09 Å². The summed E-state index contributed by atoms with van der Waals surface area (Å²) in [4.78, 5) is 14.4. The lowest BCUT2D eigenvalue weighted by Crippen LogP contribution is -2.39. The molecule has 28 heavy (non-hydrogen) atoms. The van der Waals surface area contributed by atoms with Crippen molar-refractivity contribution in [2.75, 3.05) is 19.7 Å². The van der Waals surface area contributed by atoms with Crippen LogP contribution in [0.5, 0.6) is 0 Å². The molecule has 0 heterocycles. The van der Waals surface area contributed by atoms with Gasteiger partial charge in [-0.1, -0.05) is 69.3 Å². The van der Waals surface area contributed by atoms with Crippen LogP contribution in [0, 0.1) is 5.41 Å². The Kier molecular flexibility index (Phi) is 6.09. The molecule has 0 saturated heterocycles. The van der Waals surface area contributed by atoms with Gasteiger partial charge in [-0.2, -0.15) is 0 Å². The number of fused-ring (bicyclic) bond motifs is 3. The minimum Gasteiger partial charge on any atom is -0.448 e. The summed E-state index contributed by atoms with van der Waals surface area (Å²) in [5.41, 5.74) is 4.95. The first-order valence-electron chi connectivity index (χ1n) is 10.0. The van der Waals surface area contributed by atoms with Gasteiger partial charge in [-0.25, -0.2) is 4.79 Å². The fraction of sp³-hybridized carbons (Fsp3) is 0.458. The number of hydrogen-bond acceptors (Lipinski definition) is 3. The molecule has 0 saturated carbocycles. The normalized spacial score (nSPS) is 14.3. The number of hydrogen-bond donors (Lipinski definition) is 1. The third-order valence-corrected chi connectivity index (χ3v) is 5.21. The first-order chi connectivity index (χ1) is 13.3. The molecule has 4 nitrogen and oxygen atoms in total. The van der Waals surface area contributed by atoms with Crippen LogP contribution in [-0.2, 0) is 4.74 Å². The van der Waals surface area contributed by atoms with E-state index in [2.05, 4.69) is 45.0 Å². The van der Waals surface area contributed by atoms with Gasteiger partial charge in [0.1, 0.15) is 6.61 Å². The zero-order valence-electron chi connectivity index (χ0n) is 17.3. The van der Waals surface area contributed by atoms with Crippen molar-refractivity contribution in [1.29, 1.82) is 0 Å². The highest BCUT2D eigenvalue weighted by Gasteiger charge is 2.30. The number of aliphatic hydroxyl groups excluding tert-OH is 1. The van der Waals surface area contributed by atoms with E-state index in [0.717, 1.165) is 6.42 Å². The Labute approximate surface area is 168 Å². The largest absolute Gasteiger partial charge is 0.448 e. The molecule has 3 rings (SSSR count). The van der Waals surface area contributed by atoms with E-state index in [1.165, 1.54) is 22.3 Å². The first kappa shape index (κ1) is 20.4. The predicted molar refractivity (Wildman–Crippen MR) is 112 cm³/mol. The zero-order chi connectivity index (χ0) is 20.3. The average Bonchev–Trinajstić information content (AvgIpc) is 2.96. The molecule has 0 fully saturated rings. The highest BCUT2D eigenvalue weighted by atomic mass is 16.6. The lowest BCUT2D eigenvalue weighted by atomic mass is 9.92. The summed E-state index contributed by atoms with van der Waals surface area (Å²) in [5, 5.41) is 9.79. The number of rotatable bonds is 6. The summed E-state index contributed by atoms with van der Waals surface area (Å²) >= 11 is 0. The monoisotopic (exact) mass is 381 g/mol. The molecular weight excluding hydrogens is 350 g/mol. The van der Waals surface area contributed by atoms with Gasteiger partial charge in [0.15, 0.2) is 0 Å². The fourth-order valence-corrected chi connectivity index (χ4v) is 3.73. The maximum absolute atomic E-state index is 12.8. The van der Waals surface area contributed by atoms with E-state index >= 15 is 0 Å². The lowest BCUT2D eigenvalue weighted by Gasteiger charge is -2.28. The van der Waals surface area contributed by atoms with E-state index in [9.17, 15) is 9.90 Å². The molecule has 2 aromatic rings. The topological polar surface area (TPSA) is 49.8 Å². The predicted octanol–water partition coefficient (Wildman–Crippen LogP) is 5.05. The number of carbonyl (C=O) groups excluding carboxylic acids is 1. The van der Waals surface area contributed by atoms with E-state index in [-0.39, 0.29) is 24.0 Å². The Morgan fingerprint density at radius 2 is 1.61 bits per heavy atom.